The fourth-order valence-electron chi connectivity index (χ4n) is 3.15. The summed E-state index contributed by atoms with van der Waals surface area (Å²) in [5, 5.41) is 3.76. The number of hydrogen-bond acceptors (Lipinski definition) is 3. The highest BCUT2D eigenvalue weighted by molar-refractivity contribution is 7.88. The second-order valence-electron chi connectivity index (χ2n) is 6.72. The number of nitrogens with zero attached hydrogens (tertiary/aromatic N) is 1. The number of carbonyl (C=O) groups is 1. The first-order chi connectivity index (χ1) is 12.3. The lowest BCUT2D eigenvalue weighted by atomic mass is 9.98. The minimum absolute atomic E-state index is 0.0480. The molecular formula is C18H26Cl2N2O3S. The number of hydrogen-bond donors (Lipinski definition) is 1. The van der Waals surface area contributed by atoms with Crippen molar-refractivity contribution in [2.24, 2.45) is 5.92 Å². The van der Waals surface area contributed by atoms with Crippen LogP contribution in [-0.2, 0) is 20.6 Å². The Morgan fingerprint density at radius 2 is 1.96 bits per heavy atom. The van der Waals surface area contributed by atoms with Gasteiger partial charge in [-0.3, -0.25) is 4.79 Å². The first-order valence-corrected chi connectivity index (χ1v) is 11.4. The van der Waals surface area contributed by atoms with Gasteiger partial charge >= 0.3 is 0 Å². The Bertz CT molecular complexity index is 736. The summed E-state index contributed by atoms with van der Waals surface area (Å²) >= 11 is 11.9. The Hall–Kier alpha value is -0.820. The number of halogens is 2. The van der Waals surface area contributed by atoms with Crippen LogP contribution in [0.15, 0.2) is 18.2 Å². The van der Waals surface area contributed by atoms with Gasteiger partial charge in [0.05, 0.1) is 21.7 Å². The van der Waals surface area contributed by atoms with E-state index >= 15 is 0 Å². The van der Waals surface area contributed by atoms with Gasteiger partial charge in [0.1, 0.15) is 0 Å². The first-order valence-electron chi connectivity index (χ1n) is 8.99. The smallest absolute Gasteiger partial charge is 0.224 e. The van der Waals surface area contributed by atoms with Crippen LogP contribution in [0.3, 0.4) is 0 Å². The molecule has 0 aliphatic carbocycles. The molecule has 0 spiro atoms. The van der Waals surface area contributed by atoms with Crippen LogP contribution in [0.5, 0.6) is 0 Å². The largest absolute Gasteiger partial charge is 0.353 e. The van der Waals surface area contributed by atoms with Crippen molar-refractivity contribution in [1.82, 2.24) is 9.62 Å². The van der Waals surface area contributed by atoms with E-state index in [1.54, 1.807) is 18.2 Å². The Kier molecular flexibility index (Phi) is 7.76. The van der Waals surface area contributed by atoms with Gasteiger partial charge in [-0.25, -0.2) is 12.7 Å². The highest BCUT2D eigenvalue weighted by Crippen LogP contribution is 2.26. The lowest BCUT2D eigenvalue weighted by molar-refractivity contribution is -0.126. The van der Waals surface area contributed by atoms with Crippen LogP contribution in [0.25, 0.3) is 0 Å². The second-order valence-corrected chi connectivity index (χ2v) is 9.51. The number of carbonyl (C=O) groups excluding carboxylic acids is 1. The fourth-order valence-corrected chi connectivity index (χ4v) is 5.07. The molecule has 2 rings (SSSR count). The topological polar surface area (TPSA) is 66.5 Å². The molecule has 0 aromatic heterocycles. The van der Waals surface area contributed by atoms with Gasteiger partial charge in [-0.2, -0.15) is 0 Å². The zero-order valence-electron chi connectivity index (χ0n) is 15.2. The number of nitrogens with one attached hydrogen (secondary N) is 1. The van der Waals surface area contributed by atoms with Crippen molar-refractivity contribution in [3.8, 4) is 0 Å². The number of benzene rings is 1. The third kappa shape index (κ3) is 5.59. The van der Waals surface area contributed by atoms with E-state index in [4.69, 9.17) is 23.2 Å². The Morgan fingerprint density at radius 3 is 2.58 bits per heavy atom. The van der Waals surface area contributed by atoms with E-state index in [-0.39, 0.29) is 30.2 Å². The number of piperidine rings is 1. The average Bonchev–Trinajstić information content (AvgIpc) is 2.62. The monoisotopic (exact) mass is 420 g/mol. The van der Waals surface area contributed by atoms with Crippen LogP contribution in [0, 0.1) is 5.92 Å². The van der Waals surface area contributed by atoms with Crippen LogP contribution >= 0.6 is 23.2 Å². The minimum Gasteiger partial charge on any atom is -0.353 e. The van der Waals surface area contributed by atoms with Crippen molar-refractivity contribution in [2.45, 2.75) is 51.3 Å². The molecule has 1 atom stereocenters. The van der Waals surface area contributed by atoms with E-state index in [1.165, 1.54) is 4.31 Å². The van der Waals surface area contributed by atoms with Crippen LogP contribution in [0.2, 0.25) is 10.0 Å². The summed E-state index contributed by atoms with van der Waals surface area (Å²) in [6, 6.07) is 4.97. The third-order valence-corrected chi connectivity index (χ3v) is 7.37. The first kappa shape index (κ1) is 21.5. The van der Waals surface area contributed by atoms with Gasteiger partial charge in [0.25, 0.3) is 0 Å². The molecule has 26 heavy (non-hydrogen) atoms. The summed E-state index contributed by atoms with van der Waals surface area (Å²) in [5.74, 6) is -0.494. The van der Waals surface area contributed by atoms with Crippen LogP contribution in [-0.4, -0.2) is 37.8 Å². The SMILES string of the molecule is CCC(CC)NC(=O)C1CCCN(S(=O)(=O)Cc2ccc(Cl)c(Cl)c2)C1. The van der Waals surface area contributed by atoms with Gasteiger partial charge in [0.15, 0.2) is 0 Å². The molecule has 0 bridgehead atoms. The molecule has 1 saturated heterocycles. The summed E-state index contributed by atoms with van der Waals surface area (Å²) < 4.78 is 27.0. The van der Waals surface area contributed by atoms with Crippen LogP contribution in [0.4, 0.5) is 0 Å². The molecule has 5 nitrogen and oxygen atoms in total. The van der Waals surface area contributed by atoms with E-state index in [2.05, 4.69) is 5.32 Å². The molecule has 146 valence electrons. The number of amides is 1. The molecule has 1 N–H and O–H groups in total. The zero-order chi connectivity index (χ0) is 19.3. The highest BCUT2D eigenvalue weighted by atomic mass is 35.5. The van der Waals surface area contributed by atoms with Crippen molar-refractivity contribution >= 4 is 39.1 Å². The molecule has 0 saturated carbocycles. The normalized spacial score (nSPS) is 18.9. The predicted octanol–water partition coefficient (Wildman–Crippen LogP) is 3.84. The lowest BCUT2D eigenvalue weighted by Gasteiger charge is -2.32. The number of rotatable bonds is 7. The summed E-state index contributed by atoms with van der Waals surface area (Å²) in [6.45, 7) is 4.74. The molecule has 8 heteroatoms. The van der Waals surface area contributed by atoms with Crippen molar-refractivity contribution in [3.63, 3.8) is 0 Å². The Balaban J connectivity index is 2.04. The van der Waals surface area contributed by atoms with Crippen molar-refractivity contribution in [2.75, 3.05) is 13.1 Å². The van der Waals surface area contributed by atoms with E-state index < -0.39 is 10.0 Å². The highest BCUT2D eigenvalue weighted by Gasteiger charge is 2.32. The minimum atomic E-state index is -3.52. The standard InChI is InChI=1S/C18H26Cl2N2O3S/c1-3-15(4-2)21-18(23)14-6-5-9-22(11-14)26(24,25)12-13-7-8-16(19)17(20)10-13/h7-8,10,14-15H,3-6,9,11-12H2,1-2H3,(H,21,23). The average molecular weight is 421 g/mol. The van der Waals surface area contributed by atoms with Gasteiger partial charge in [-0.1, -0.05) is 43.1 Å². The van der Waals surface area contributed by atoms with Crippen molar-refractivity contribution in [1.29, 1.82) is 0 Å². The third-order valence-electron chi connectivity index (χ3n) is 4.81. The fraction of sp³-hybridized carbons (Fsp3) is 0.611. The van der Waals surface area contributed by atoms with Crippen molar-refractivity contribution in [3.05, 3.63) is 33.8 Å². The number of sulfonamides is 1. The summed E-state index contributed by atoms with van der Waals surface area (Å²) in [7, 11) is -3.52. The van der Waals surface area contributed by atoms with Gasteiger partial charge in [0.2, 0.25) is 15.9 Å². The van der Waals surface area contributed by atoms with Crippen LogP contribution < -0.4 is 5.32 Å². The molecule has 1 fully saturated rings. The molecule has 1 aliphatic rings. The Labute approximate surface area is 166 Å². The summed E-state index contributed by atoms with van der Waals surface area (Å²) in [4.78, 5) is 12.5. The van der Waals surface area contributed by atoms with Crippen LogP contribution in [0.1, 0.15) is 45.1 Å². The van der Waals surface area contributed by atoms with Crippen molar-refractivity contribution < 1.29 is 13.2 Å². The van der Waals surface area contributed by atoms with Gasteiger partial charge in [-0.05, 0) is 43.4 Å². The second kappa shape index (κ2) is 9.40. The molecule has 1 unspecified atom stereocenters. The van der Waals surface area contributed by atoms with E-state index in [0.29, 0.717) is 35.0 Å². The molecule has 1 aliphatic heterocycles. The molecule has 1 amide bonds. The quantitative estimate of drug-likeness (QED) is 0.728. The maximum Gasteiger partial charge on any atom is 0.224 e. The molecule has 0 radical (unpaired) electrons. The molecular weight excluding hydrogens is 395 g/mol. The maximum absolute atomic E-state index is 12.8. The van der Waals surface area contributed by atoms with E-state index in [9.17, 15) is 13.2 Å². The molecule has 1 aromatic rings. The van der Waals surface area contributed by atoms with Gasteiger partial charge < -0.3 is 5.32 Å². The summed E-state index contributed by atoms with van der Waals surface area (Å²) in [5.41, 5.74) is 0.586. The summed E-state index contributed by atoms with van der Waals surface area (Å²) in [6.07, 6.45) is 3.13. The maximum atomic E-state index is 12.8. The predicted molar refractivity (Wildman–Crippen MR) is 106 cm³/mol. The van der Waals surface area contributed by atoms with E-state index in [1.807, 2.05) is 13.8 Å². The van der Waals surface area contributed by atoms with Gasteiger partial charge in [0, 0.05) is 19.1 Å². The zero-order valence-corrected chi connectivity index (χ0v) is 17.5. The molecule has 1 heterocycles. The van der Waals surface area contributed by atoms with E-state index in [0.717, 1.165) is 12.8 Å². The molecule has 1 aromatic carbocycles. The Morgan fingerprint density at radius 1 is 1.27 bits per heavy atom. The van der Waals surface area contributed by atoms with Gasteiger partial charge in [-0.15, -0.1) is 0 Å². The lowest BCUT2D eigenvalue weighted by Crippen LogP contribution is -2.47.